The third kappa shape index (κ3) is 5.06. The maximum absolute atomic E-state index is 11.6. The van der Waals surface area contributed by atoms with Crippen LogP contribution in [0.4, 0.5) is 4.79 Å². The highest BCUT2D eigenvalue weighted by Crippen LogP contribution is 2.23. The molecule has 0 aromatic carbocycles. The number of carboxylic acids is 1. The van der Waals surface area contributed by atoms with Gasteiger partial charge in [0.1, 0.15) is 0 Å². The van der Waals surface area contributed by atoms with Crippen LogP contribution in [-0.4, -0.2) is 29.2 Å². The van der Waals surface area contributed by atoms with E-state index in [1.165, 1.54) is 6.42 Å². The van der Waals surface area contributed by atoms with E-state index in [0.29, 0.717) is 5.92 Å². The predicted octanol–water partition coefficient (Wildman–Crippen LogP) is 1.73. The molecule has 0 bridgehead atoms. The van der Waals surface area contributed by atoms with Gasteiger partial charge in [0.15, 0.2) is 0 Å². The van der Waals surface area contributed by atoms with E-state index in [4.69, 9.17) is 5.11 Å². The number of urea groups is 1. The zero-order chi connectivity index (χ0) is 12.8. The van der Waals surface area contributed by atoms with Gasteiger partial charge >= 0.3 is 12.0 Å². The number of rotatable bonds is 4. The van der Waals surface area contributed by atoms with Gasteiger partial charge in [0.25, 0.3) is 0 Å². The highest BCUT2D eigenvalue weighted by molar-refractivity contribution is 5.75. The zero-order valence-corrected chi connectivity index (χ0v) is 10.5. The van der Waals surface area contributed by atoms with Gasteiger partial charge in [-0.05, 0) is 25.7 Å². The predicted molar refractivity (Wildman–Crippen MR) is 64.8 cm³/mol. The topological polar surface area (TPSA) is 78.4 Å². The molecule has 0 radical (unpaired) electrons. The number of amides is 2. The summed E-state index contributed by atoms with van der Waals surface area (Å²) in [6.07, 6.45) is 4.50. The lowest BCUT2D eigenvalue weighted by molar-refractivity contribution is -0.137. The van der Waals surface area contributed by atoms with E-state index in [2.05, 4.69) is 17.6 Å². The standard InChI is InChI=1S/C12H22N2O3/c1-8-5-3-4-6-10(8)14-12(17)13-9(2)7-11(15)16/h8-10H,3-7H2,1-2H3,(H,15,16)(H2,13,14,17). The summed E-state index contributed by atoms with van der Waals surface area (Å²) >= 11 is 0. The van der Waals surface area contributed by atoms with Gasteiger partial charge in [0, 0.05) is 12.1 Å². The quantitative estimate of drug-likeness (QED) is 0.702. The van der Waals surface area contributed by atoms with E-state index < -0.39 is 5.97 Å². The SMILES string of the molecule is CC(CC(=O)O)NC(=O)NC1CCCCC1C. The number of nitrogens with one attached hydrogen (secondary N) is 2. The Labute approximate surface area is 102 Å². The molecule has 1 saturated carbocycles. The van der Waals surface area contributed by atoms with E-state index in [9.17, 15) is 9.59 Å². The van der Waals surface area contributed by atoms with Gasteiger partial charge in [-0.2, -0.15) is 0 Å². The fraction of sp³-hybridized carbons (Fsp3) is 0.833. The summed E-state index contributed by atoms with van der Waals surface area (Å²) in [5.74, 6) is -0.395. The van der Waals surface area contributed by atoms with E-state index >= 15 is 0 Å². The van der Waals surface area contributed by atoms with E-state index in [0.717, 1.165) is 19.3 Å². The molecule has 17 heavy (non-hydrogen) atoms. The number of hydrogen-bond acceptors (Lipinski definition) is 2. The average molecular weight is 242 g/mol. The second-order valence-electron chi connectivity index (χ2n) is 4.98. The van der Waals surface area contributed by atoms with Crippen LogP contribution in [0.2, 0.25) is 0 Å². The fourth-order valence-electron chi connectivity index (χ4n) is 2.28. The first-order valence-corrected chi connectivity index (χ1v) is 6.28. The maximum atomic E-state index is 11.6. The van der Waals surface area contributed by atoms with Crippen molar-refractivity contribution >= 4 is 12.0 Å². The minimum absolute atomic E-state index is 0.0480. The Morgan fingerprint density at radius 1 is 1.35 bits per heavy atom. The number of carboxylic acid groups (broad SMARTS) is 1. The highest BCUT2D eigenvalue weighted by Gasteiger charge is 2.23. The molecule has 3 atom stereocenters. The van der Waals surface area contributed by atoms with Crippen LogP contribution in [0.15, 0.2) is 0 Å². The Bertz CT molecular complexity index is 281. The van der Waals surface area contributed by atoms with Crippen molar-refractivity contribution in [2.75, 3.05) is 0 Å². The molecule has 3 N–H and O–H groups in total. The van der Waals surface area contributed by atoms with Crippen molar-refractivity contribution in [2.45, 2.75) is 58.0 Å². The molecule has 1 aliphatic rings. The zero-order valence-electron chi connectivity index (χ0n) is 10.5. The van der Waals surface area contributed by atoms with Gasteiger partial charge in [-0.1, -0.05) is 19.8 Å². The van der Waals surface area contributed by atoms with E-state index in [-0.39, 0.29) is 24.5 Å². The van der Waals surface area contributed by atoms with E-state index in [1.54, 1.807) is 6.92 Å². The maximum Gasteiger partial charge on any atom is 0.315 e. The molecule has 0 spiro atoms. The van der Waals surface area contributed by atoms with Crippen LogP contribution in [0.3, 0.4) is 0 Å². The van der Waals surface area contributed by atoms with Gasteiger partial charge in [0.2, 0.25) is 0 Å². The molecule has 3 unspecified atom stereocenters. The first-order valence-electron chi connectivity index (χ1n) is 6.28. The summed E-state index contributed by atoms with van der Waals surface area (Å²) in [6.45, 7) is 3.84. The second-order valence-corrected chi connectivity index (χ2v) is 4.98. The normalized spacial score (nSPS) is 26.0. The number of carbonyl (C=O) groups excluding carboxylic acids is 1. The lowest BCUT2D eigenvalue weighted by atomic mass is 9.86. The molecule has 98 valence electrons. The largest absolute Gasteiger partial charge is 0.481 e. The Morgan fingerprint density at radius 2 is 2.00 bits per heavy atom. The second kappa shape index (κ2) is 6.47. The van der Waals surface area contributed by atoms with Crippen LogP contribution in [0, 0.1) is 5.92 Å². The monoisotopic (exact) mass is 242 g/mol. The highest BCUT2D eigenvalue weighted by atomic mass is 16.4. The van der Waals surface area contributed by atoms with Crippen molar-refractivity contribution in [3.8, 4) is 0 Å². The Morgan fingerprint density at radius 3 is 2.59 bits per heavy atom. The van der Waals surface area contributed by atoms with Gasteiger partial charge in [0.05, 0.1) is 6.42 Å². The van der Waals surface area contributed by atoms with E-state index in [1.807, 2.05) is 0 Å². The Kier molecular flexibility index (Phi) is 5.25. The van der Waals surface area contributed by atoms with Gasteiger partial charge < -0.3 is 15.7 Å². The third-order valence-corrected chi connectivity index (χ3v) is 3.29. The van der Waals surface area contributed by atoms with Crippen molar-refractivity contribution in [1.82, 2.24) is 10.6 Å². The fourth-order valence-corrected chi connectivity index (χ4v) is 2.28. The molecule has 0 heterocycles. The minimum Gasteiger partial charge on any atom is -0.481 e. The molecule has 1 aliphatic carbocycles. The van der Waals surface area contributed by atoms with Gasteiger partial charge in [-0.3, -0.25) is 4.79 Å². The molecule has 0 saturated heterocycles. The first-order chi connectivity index (χ1) is 7.99. The molecule has 0 aliphatic heterocycles. The summed E-state index contributed by atoms with van der Waals surface area (Å²) in [5.41, 5.74) is 0. The van der Waals surface area contributed by atoms with Crippen molar-refractivity contribution < 1.29 is 14.7 Å². The Balaban J connectivity index is 2.30. The molecular weight excluding hydrogens is 220 g/mol. The number of carbonyl (C=O) groups is 2. The first kappa shape index (κ1) is 13.8. The average Bonchev–Trinajstić information content (AvgIpc) is 2.19. The van der Waals surface area contributed by atoms with Crippen LogP contribution in [0.5, 0.6) is 0 Å². The van der Waals surface area contributed by atoms with Crippen LogP contribution < -0.4 is 10.6 Å². The van der Waals surface area contributed by atoms with Gasteiger partial charge in [-0.25, -0.2) is 4.79 Å². The summed E-state index contributed by atoms with van der Waals surface area (Å²) in [4.78, 5) is 22.1. The smallest absolute Gasteiger partial charge is 0.315 e. The summed E-state index contributed by atoms with van der Waals surface area (Å²) in [6, 6.07) is -0.371. The molecule has 5 nitrogen and oxygen atoms in total. The molecular formula is C12H22N2O3. The van der Waals surface area contributed by atoms with Crippen molar-refractivity contribution in [3.05, 3.63) is 0 Å². The lowest BCUT2D eigenvalue weighted by Gasteiger charge is -2.29. The van der Waals surface area contributed by atoms with Crippen LogP contribution in [-0.2, 0) is 4.79 Å². The molecule has 1 fully saturated rings. The molecule has 5 heteroatoms. The molecule has 1 rings (SSSR count). The summed E-state index contributed by atoms with van der Waals surface area (Å²) in [7, 11) is 0. The van der Waals surface area contributed by atoms with Crippen LogP contribution >= 0.6 is 0 Å². The van der Waals surface area contributed by atoms with Crippen molar-refractivity contribution in [2.24, 2.45) is 5.92 Å². The summed E-state index contributed by atoms with van der Waals surface area (Å²) in [5, 5.41) is 14.2. The molecule has 2 amide bonds. The molecule has 0 aromatic rings. The molecule has 0 aromatic heterocycles. The summed E-state index contributed by atoms with van der Waals surface area (Å²) < 4.78 is 0. The van der Waals surface area contributed by atoms with Crippen molar-refractivity contribution in [3.63, 3.8) is 0 Å². The number of hydrogen-bond donors (Lipinski definition) is 3. The van der Waals surface area contributed by atoms with Crippen molar-refractivity contribution in [1.29, 1.82) is 0 Å². The van der Waals surface area contributed by atoms with Crippen LogP contribution in [0.1, 0.15) is 46.0 Å². The van der Waals surface area contributed by atoms with Crippen LogP contribution in [0.25, 0.3) is 0 Å². The lowest BCUT2D eigenvalue weighted by Crippen LogP contribution is -2.48. The Hall–Kier alpha value is -1.26. The number of aliphatic carboxylic acids is 1. The third-order valence-electron chi connectivity index (χ3n) is 3.29. The van der Waals surface area contributed by atoms with Gasteiger partial charge in [-0.15, -0.1) is 0 Å². The minimum atomic E-state index is -0.899.